The molecule has 1 amide bonds. The molecule has 2 aromatic heterocycles. The smallest absolute Gasteiger partial charge is 0.262 e. The summed E-state index contributed by atoms with van der Waals surface area (Å²) in [4.78, 5) is 17.5. The third kappa shape index (κ3) is 2.67. The molecule has 3 nitrogen and oxygen atoms in total. The van der Waals surface area contributed by atoms with Crippen LogP contribution in [0.2, 0.25) is 0 Å². The van der Waals surface area contributed by atoms with E-state index in [0.29, 0.717) is 0 Å². The normalized spacial score (nSPS) is 12.3. The summed E-state index contributed by atoms with van der Waals surface area (Å²) in [6.07, 6.45) is 1.74. The molecule has 1 unspecified atom stereocenters. The molecule has 1 atom stereocenters. The molecule has 0 aliphatic heterocycles. The van der Waals surface area contributed by atoms with Gasteiger partial charge >= 0.3 is 0 Å². The first-order valence-corrected chi connectivity index (χ1v) is 7.68. The molecule has 0 saturated carbocycles. The van der Waals surface area contributed by atoms with Crippen molar-refractivity contribution >= 4 is 27.3 Å². The van der Waals surface area contributed by atoms with Gasteiger partial charge in [-0.25, -0.2) is 0 Å². The van der Waals surface area contributed by atoms with E-state index < -0.39 is 0 Å². The van der Waals surface area contributed by atoms with Gasteiger partial charge in [0.15, 0.2) is 0 Å². The van der Waals surface area contributed by atoms with E-state index >= 15 is 0 Å². The molecule has 21 heavy (non-hydrogen) atoms. The van der Waals surface area contributed by atoms with Gasteiger partial charge in [0.1, 0.15) is 0 Å². The Morgan fingerprint density at radius 1 is 1.19 bits per heavy atom. The van der Waals surface area contributed by atoms with E-state index in [0.717, 1.165) is 26.2 Å². The number of benzene rings is 1. The van der Waals surface area contributed by atoms with E-state index in [1.54, 1.807) is 6.20 Å². The number of nitrogens with one attached hydrogen (secondary N) is 1. The zero-order valence-electron chi connectivity index (χ0n) is 12.0. The quantitative estimate of drug-likeness (QED) is 0.790. The van der Waals surface area contributed by atoms with Crippen LogP contribution in [0, 0.1) is 6.92 Å². The van der Waals surface area contributed by atoms with Gasteiger partial charge in [-0.2, -0.15) is 0 Å². The number of hydrogen-bond donors (Lipinski definition) is 1. The highest BCUT2D eigenvalue weighted by Crippen LogP contribution is 2.30. The molecule has 0 aliphatic carbocycles. The van der Waals surface area contributed by atoms with Gasteiger partial charge in [-0.05, 0) is 43.0 Å². The fraction of sp³-hybridized carbons (Fsp3) is 0.176. The first-order valence-electron chi connectivity index (χ1n) is 6.86. The highest BCUT2D eigenvalue weighted by atomic mass is 32.1. The minimum Gasteiger partial charge on any atom is -0.343 e. The highest BCUT2D eigenvalue weighted by Gasteiger charge is 2.17. The Bertz CT molecular complexity index is 780. The molecule has 0 saturated heterocycles. The molecule has 4 heteroatoms. The largest absolute Gasteiger partial charge is 0.343 e. The number of carbonyl (C=O) groups excluding carboxylic acids is 1. The van der Waals surface area contributed by atoms with Gasteiger partial charge in [-0.3, -0.25) is 9.78 Å². The average Bonchev–Trinajstić information content (AvgIpc) is 2.86. The molecule has 0 fully saturated rings. The van der Waals surface area contributed by atoms with Gasteiger partial charge in [-0.1, -0.05) is 24.3 Å². The number of pyridine rings is 1. The van der Waals surface area contributed by atoms with Crippen LogP contribution in [0.4, 0.5) is 0 Å². The Morgan fingerprint density at radius 3 is 2.67 bits per heavy atom. The van der Waals surface area contributed by atoms with Crippen LogP contribution in [0.3, 0.4) is 0 Å². The van der Waals surface area contributed by atoms with Crippen LogP contribution in [-0.2, 0) is 0 Å². The number of hydrogen-bond acceptors (Lipinski definition) is 3. The Labute approximate surface area is 127 Å². The van der Waals surface area contributed by atoms with E-state index in [1.165, 1.54) is 11.3 Å². The zero-order valence-corrected chi connectivity index (χ0v) is 12.8. The van der Waals surface area contributed by atoms with Crippen LogP contribution in [0.5, 0.6) is 0 Å². The average molecular weight is 296 g/mol. The second-order valence-corrected chi connectivity index (χ2v) is 6.05. The van der Waals surface area contributed by atoms with Gasteiger partial charge in [0.05, 0.1) is 16.6 Å². The molecule has 3 aromatic rings. The highest BCUT2D eigenvalue weighted by molar-refractivity contribution is 7.21. The van der Waals surface area contributed by atoms with Crippen LogP contribution in [0.1, 0.15) is 33.9 Å². The SMILES string of the molecule is Cc1c(C(=O)NC(C)c2ccccn2)sc2ccccc12. The fourth-order valence-corrected chi connectivity index (χ4v) is 3.47. The number of aromatic nitrogens is 1. The summed E-state index contributed by atoms with van der Waals surface area (Å²) in [6, 6.07) is 13.7. The van der Waals surface area contributed by atoms with Crippen molar-refractivity contribution in [1.29, 1.82) is 0 Å². The standard InChI is InChI=1S/C17H16N2OS/c1-11-13-7-3-4-9-15(13)21-16(11)17(20)19-12(2)14-8-5-6-10-18-14/h3-10,12H,1-2H3,(H,19,20). The van der Waals surface area contributed by atoms with Crippen LogP contribution >= 0.6 is 11.3 Å². The molecule has 0 bridgehead atoms. The summed E-state index contributed by atoms with van der Waals surface area (Å²) in [5, 5.41) is 4.17. The Hall–Kier alpha value is -2.20. The molecule has 2 heterocycles. The first-order chi connectivity index (χ1) is 10.2. The monoisotopic (exact) mass is 296 g/mol. The number of amides is 1. The van der Waals surface area contributed by atoms with Gasteiger partial charge in [-0.15, -0.1) is 11.3 Å². The molecular formula is C17H16N2OS. The minimum atomic E-state index is -0.108. The predicted molar refractivity (Wildman–Crippen MR) is 86.7 cm³/mol. The zero-order chi connectivity index (χ0) is 14.8. The summed E-state index contributed by atoms with van der Waals surface area (Å²) >= 11 is 1.54. The van der Waals surface area contributed by atoms with E-state index in [2.05, 4.69) is 16.4 Å². The number of nitrogens with zero attached hydrogens (tertiary/aromatic N) is 1. The van der Waals surface area contributed by atoms with E-state index in [-0.39, 0.29) is 11.9 Å². The number of rotatable bonds is 3. The number of fused-ring (bicyclic) bond motifs is 1. The van der Waals surface area contributed by atoms with E-state index in [9.17, 15) is 4.79 Å². The maximum absolute atomic E-state index is 12.5. The van der Waals surface area contributed by atoms with Gasteiger partial charge in [0.2, 0.25) is 0 Å². The molecule has 0 spiro atoms. The van der Waals surface area contributed by atoms with Crippen molar-refractivity contribution in [1.82, 2.24) is 10.3 Å². The van der Waals surface area contributed by atoms with E-state index in [4.69, 9.17) is 0 Å². The molecule has 0 aliphatic rings. The van der Waals surface area contributed by atoms with Crippen LogP contribution in [-0.4, -0.2) is 10.9 Å². The van der Waals surface area contributed by atoms with Crippen molar-refractivity contribution in [3.8, 4) is 0 Å². The topological polar surface area (TPSA) is 42.0 Å². The Kier molecular flexibility index (Phi) is 3.71. The lowest BCUT2D eigenvalue weighted by atomic mass is 10.1. The van der Waals surface area contributed by atoms with Crippen molar-refractivity contribution in [3.63, 3.8) is 0 Å². The molecular weight excluding hydrogens is 280 g/mol. The van der Waals surface area contributed by atoms with Crippen molar-refractivity contribution in [2.75, 3.05) is 0 Å². The van der Waals surface area contributed by atoms with Gasteiger partial charge in [0.25, 0.3) is 5.91 Å². The third-order valence-electron chi connectivity index (χ3n) is 3.53. The Balaban J connectivity index is 1.86. The molecule has 0 radical (unpaired) electrons. The van der Waals surface area contributed by atoms with Crippen molar-refractivity contribution < 1.29 is 4.79 Å². The van der Waals surface area contributed by atoms with Crippen molar-refractivity contribution in [2.45, 2.75) is 19.9 Å². The van der Waals surface area contributed by atoms with Gasteiger partial charge in [0, 0.05) is 10.9 Å². The number of thiophene rings is 1. The van der Waals surface area contributed by atoms with Crippen molar-refractivity contribution in [3.05, 3.63) is 64.8 Å². The third-order valence-corrected chi connectivity index (χ3v) is 4.80. The molecule has 1 N–H and O–H groups in total. The van der Waals surface area contributed by atoms with Crippen LogP contribution < -0.4 is 5.32 Å². The lowest BCUT2D eigenvalue weighted by molar-refractivity contribution is 0.0943. The minimum absolute atomic E-state index is 0.0353. The van der Waals surface area contributed by atoms with Crippen molar-refractivity contribution in [2.24, 2.45) is 0 Å². The van der Waals surface area contributed by atoms with E-state index in [1.807, 2.05) is 50.2 Å². The summed E-state index contributed by atoms with van der Waals surface area (Å²) in [5.41, 5.74) is 1.91. The fourth-order valence-electron chi connectivity index (χ4n) is 2.36. The Morgan fingerprint density at radius 2 is 1.95 bits per heavy atom. The second-order valence-electron chi connectivity index (χ2n) is 5.00. The summed E-state index contributed by atoms with van der Waals surface area (Å²) < 4.78 is 1.14. The molecule has 106 valence electrons. The lowest BCUT2D eigenvalue weighted by Gasteiger charge is -2.12. The summed E-state index contributed by atoms with van der Waals surface area (Å²) in [6.45, 7) is 3.95. The predicted octanol–water partition coefficient (Wildman–Crippen LogP) is 4.10. The molecule has 1 aromatic carbocycles. The second kappa shape index (κ2) is 5.66. The first kappa shape index (κ1) is 13.8. The maximum Gasteiger partial charge on any atom is 0.262 e. The maximum atomic E-state index is 12.5. The summed E-state index contributed by atoms with van der Waals surface area (Å²) in [5.74, 6) is -0.0353. The summed E-state index contributed by atoms with van der Waals surface area (Å²) in [7, 11) is 0. The lowest BCUT2D eigenvalue weighted by Crippen LogP contribution is -2.26. The number of carbonyl (C=O) groups is 1. The van der Waals surface area contributed by atoms with Gasteiger partial charge < -0.3 is 5.32 Å². The van der Waals surface area contributed by atoms with Crippen LogP contribution in [0.15, 0.2) is 48.7 Å². The van der Waals surface area contributed by atoms with Crippen LogP contribution in [0.25, 0.3) is 10.1 Å². The molecule has 3 rings (SSSR count). The number of aryl methyl sites for hydroxylation is 1.